The zero-order chi connectivity index (χ0) is 15.4. The number of likely N-dealkylation sites (N-methyl/N-ethyl adjacent to an activating group) is 1. The lowest BCUT2D eigenvalue weighted by Crippen LogP contribution is -2.50. The van der Waals surface area contributed by atoms with Crippen molar-refractivity contribution in [1.82, 2.24) is 15.2 Å². The van der Waals surface area contributed by atoms with Gasteiger partial charge in [-0.05, 0) is 39.4 Å². The van der Waals surface area contributed by atoms with Crippen molar-refractivity contribution in [3.63, 3.8) is 0 Å². The van der Waals surface area contributed by atoms with E-state index in [4.69, 9.17) is 0 Å². The molecule has 0 spiro atoms. The van der Waals surface area contributed by atoms with Gasteiger partial charge in [0.25, 0.3) is 0 Å². The summed E-state index contributed by atoms with van der Waals surface area (Å²) in [7, 11) is 2.21. The van der Waals surface area contributed by atoms with E-state index in [-0.39, 0.29) is 0 Å². The highest BCUT2D eigenvalue weighted by atomic mass is 15.3. The molecule has 0 radical (unpaired) electrons. The van der Waals surface area contributed by atoms with Crippen molar-refractivity contribution in [2.24, 2.45) is 5.92 Å². The van der Waals surface area contributed by atoms with Gasteiger partial charge in [-0.3, -0.25) is 4.98 Å². The largest absolute Gasteiger partial charge is 0.368 e. The molecule has 2 heterocycles. The lowest BCUT2D eigenvalue weighted by atomic mass is 10.1. The van der Waals surface area contributed by atoms with E-state index < -0.39 is 0 Å². The van der Waals surface area contributed by atoms with Crippen molar-refractivity contribution in [3.8, 4) is 0 Å². The molecule has 0 amide bonds. The summed E-state index contributed by atoms with van der Waals surface area (Å²) >= 11 is 0. The molecular weight excluding hydrogens is 260 g/mol. The van der Waals surface area contributed by atoms with Crippen LogP contribution in [0.3, 0.4) is 0 Å². The van der Waals surface area contributed by atoms with Crippen LogP contribution in [0.1, 0.15) is 32.0 Å². The number of hydrogen-bond donors (Lipinski definition) is 1. The summed E-state index contributed by atoms with van der Waals surface area (Å²) in [4.78, 5) is 9.44. The first-order valence-electron chi connectivity index (χ1n) is 8.08. The molecule has 0 bridgehead atoms. The van der Waals surface area contributed by atoms with Crippen LogP contribution in [0, 0.1) is 12.8 Å². The fourth-order valence-electron chi connectivity index (χ4n) is 2.77. The average molecular weight is 290 g/mol. The Morgan fingerprint density at radius 1 is 1.38 bits per heavy atom. The van der Waals surface area contributed by atoms with Crippen LogP contribution < -0.4 is 10.2 Å². The Hall–Kier alpha value is -1.13. The topological polar surface area (TPSA) is 31.4 Å². The molecule has 2 rings (SSSR count). The molecule has 21 heavy (non-hydrogen) atoms. The van der Waals surface area contributed by atoms with E-state index in [0.717, 1.165) is 38.4 Å². The zero-order valence-corrected chi connectivity index (χ0v) is 14.2. The van der Waals surface area contributed by atoms with Crippen molar-refractivity contribution < 1.29 is 0 Å². The highest BCUT2D eigenvalue weighted by Crippen LogP contribution is 2.23. The number of aryl methyl sites for hydroxylation is 1. The van der Waals surface area contributed by atoms with Crippen LogP contribution >= 0.6 is 0 Å². The van der Waals surface area contributed by atoms with Crippen molar-refractivity contribution in [2.45, 2.75) is 40.3 Å². The summed E-state index contributed by atoms with van der Waals surface area (Å²) in [6.07, 6.45) is 2.04. The number of hydrogen-bond acceptors (Lipinski definition) is 4. The van der Waals surface area contributed by atoms with Crippen LogP contribution in [0.25, 0.3) is 0 Å². The van der Waals surface area contributed by atoms with Crippen LogP contribution in [0.4, 0.5) is 5.69 Å². The third kappa shape index (κ3) is 4.42. The van der Waals surface area contributed by atoms with Gasteiger partial charge in [-0.25, -0.2) is 0 Å². The fourth-order valence-corrected chi connectivity index (χ4v) is 2.77. The minimum Gasteiger partial charge on any atom is -0.368 e. The molecule has 1 aromatic heterocycles. The van der Waals surface area contributed by atoms with Gasteiger partial charge in [-0.1, -0.05) is 13.8 Å². The first kappa shape index (κ1) is 16.2. The maximum atomic E-state index is 4.49. The van der Waals surface area contributed by atoms with Crippen LogP contribution in [0.2, 0.25) is 0 Å². The van der Waals surface area contributed by atoms with Crippen molar-refractivity contribution in [1.29, 1.82) is 0 Å². The second-order valence-corrected chi connectivity index (χ2v) is 6.75. The maximum absolute atomic E-state index is 4.49. The molecule has 4 nitrogen and oxygen atoms in total. The summed E-state index contributed by atoms with van der Waals surface area (Å²) < 4.78 is 0. The van der Waals surface area contributed by atoms with Crippen LogP contribution in [-0.4, -0.2) is 49.2 Å². The normalized spacial score (nSPS) is 20.3. The number of anilines is 1. The summed E-state index contributed by atoms with van der Waals surface area (Å²) in [5, 5.41) is 3.54. The molecular formula is C17H30N4. The summed E-state index contributed by atoms with van der Waals surface area (Å²) in [6, 6.07) is 2.84. The number of nitrogens with zero attached hydrogens (tertiary/aromatic N) is 3. The van der Waals surface area contributed by atoms with E-state index in [0.29, 0.717) is 12.0 Å². The number of rotatable bonds is 5. The molecule has 118 valence electrons. The second kappa shape index (κ2) is 7.23. The van der Waals surface area contributed by atoms with Gasteiger partial charge >= 0.3 is 0 Å². The van der Waals surface area contributed by atoms with Gasteiger partial charge in [0.05, 0.1) is 0 Å². The van der Waals surface area contributed by atoms with Gasteiger partial charge in [-0.15, -0.1) is 0 Å². The van der Waals surface area contributed by atoms with Crippen LogP contribution in [0.5, 0.6) is 0 Å². The quantitative estimate of drug-likeness (QED) is 0.901. The Labute approximate surface area is 129 Å². The third-order valence-corrected chi connectivity index (χ3v) is 4.27. The lowest BCUT2D eigenvalue weighted by Gasteiger charge is -2.39. The van der Waals surface area contributed by atoms with E-state index in [1.165, 1.54) is 11.3 Å². The van der Waals surface area contributed by atoms with Crippen LogP contribution in [0.15, 0.2) is 12.3 Å². The monoisotopic (exact) mass is 290 g/mol. The Morgan fingerprint density at radius 2 is 2.14 bits per heavy atom. The molecule has 4 heteroatoms. The Morgan fingerprint density at radius 3 is 2.81 bits per heavy atom. The number of nitrogens with one attached hydrogen (secondary N) is 1. The summed E-state index contributed by atoms with van der Waals surface area (Å²) in [5.74, 6) is 0.676. The van der Waals surface area contributed by atoms with Crippen molar-refractivity contribution in [3.05, 3.63) is 23.5 Å². The molecule has 1 N–H and O–H groups in total. The number of piperazine rings is 1. The van der Waals surface area contributed by atoms with Gasteiger partial charge in [0.15, 0.2) is 0 Å². The van der Waals surface area contributed by atoms with Gasteiger partial charge in [0.1, 0.15) is 0 Å². The first-order valence-corrected chi connectivity index (χ1v) is 8.08. The van der Waals surface area contributed by atoms with Crippen LogP contribution in [-0.2, 0) is 6.54 Å². The molecule has 0 aromatic carbocycles. The standard InChI is InChI=1S/C17H30N4/c1-13(2)9-18-10-16-11-19-14(3)8-17(16)21-7-6-20(5)15(4)12-21/h8,11,13,15,18H,6-7,9-10,12H2,1-5H3. The molecule has 1 unspecified atom stereocenters. The summed E-state index contributed by atoms with van der Waals surface area (Å²) in [6.45, 7) is 14.1. The number of pyridine rings is 1. The van der Waals surface area contributed by atoms with Crippen molar-refractivity contribution in [2.75, 3.05) is 38.1 Å². The highest BCUT2D eigenvalue weighted by Gasteiger charge is 2.22. The van der Waals surface area contributed by atoms with E-state index in [9.17, 15) is 0 Å². The highest BCUT2D eigenvalue weighted by molar-refractivity contribution is 5.54. The molecule has 1 atom stereocenters. The fraction of sp³-hybridized carbons (Fsp3) is 0.706. The summed E-state index contributed by atoms with van der Waals surface area (Å²) in [5.41, 5.74) is 3.78. The Bertz CT molecular complexity index is 458. The SMILES string of the molecule is Cc1cc(N2CCN(C)C(C)C2)c(CNCC(C)C)cn1. The minimum atomic E-state index is 0.601. The minimum absolute atomic E-state index is 0.601. The van der Waals surface area contributed by atoms with Gasteiger partial charge in [0, 0.05) is 55.4 Å². The van der Waals surface area contributed by atoms with Gasteiger partial charge < -0.3 is 15.1 Å². The van der Waals surface area contributed by atoms with Gasteiger partial charge in [-0.2, -0.15) is 0 Å². The predicted octanol–water partition coefficient (Wildman–Crippen LogP) is 2.28. The van der Waals surface area contributed by atoms with Gasteiger partial charge in [0.2, 0.25) is 0 Å². The molecule has 1 aromatic rings. The van der Waals surface area contributed by atoms with Crippen molar-refractivity contribution >= 4 is 5.69 Å². The smallest absolute Gasteiger partial charge is 0.0446 e. The Balaban J connectivity index is 2.11. The first-order chi connectivity index (χ1) is 9.97. The predicted molar refractivity (Wildman–Crippen MR) is 89.8 cm³/mol. The molecule has 1 saturated heterocycles. The molecule has 0 saturated carbocycles. The lowest BCUT2D eigenvalue weighted by molar-refractivity contribution is 0.234. The number of aromatic nitrogens is 1. The molecule has 1 aliphatic rings. The van der Waals surface area contributed by atoms with E-state index in [1.54, 1.807) is 0 Å². The average Bonchev–Trinajstić information content (AvgIpc) is 2.43. The molecule has 1 aliphatic heterocycles. The van der Waals surface area contributed by atoms with E-state index >= 15 is 0 Å². The molecule has 1 fully saturated rings. The molecule has 0 aliphatic carbocycles. The second-order valence-electron chi connectivity index (χ2n) is 6.75. The van der Waals surface area contributed by atoms with E-state index in [1.807, 2.05) is 6.20 Å². The zero-order valence-electron chi connectivity index (χ0n) is 14.2. The third-order valence-electron chi connectivity index (χ3n) is 4.27. The maximum Gasteiger partial charge on any atom is 0.0446 e. The van der Waals surface area contributed by atoms with E-state index in [2.05, 4.69) is 60.9 Å². The Kier molecular flexibility index (Phi) is 5.59.